The summed E-state index contributed by atoms with van der Waals surface area (Å²) >= 11 is 0. The van der Waals surface area contributed by atoms with Crippen molar-refractivity contribution in [3.8, 4) is 11.5 Å². The van der Waals surface area contributed by atoms with Crippen molar-refractivity contribution in [2.75, 3.05) is 34.4 Å². The minimum absolute atomic E-state index is 0.0853. The van der Waals surface area contributed by atoms with Gasteiger partial charge in [-0.3, -0.25) is 19.2 Å². The number of likely N-dealkylation sites (N-methyl/N-ethyl adjacent to an activating group) is 1. The Hall–Kier alpha value is -3.76. The van der Waals surface area contributed by atoms with E-state index in [1.165, 1.54) is 19.1 Å². The maximum Gasteiger partial charge on any atom is 0.228 e. The molecule has 43 heavy (non-hydrogen) atoms. The van der Waals surface area contributed by atoms with Gasteiger partial charge in [-0.15, -0.1) is 0 Å². The standard InChI is InChI=1S/C33H42N2O8/c1-35(31(39)27-9-5-7-19-33(27,41)29(37)23-12-16-25(43-3)17-13-23)21-20-34-30(38)26-8-4-6-18-32(26,40)28(36)22-10-14-24(42-2)15-11-22/h10-17,26-27,40-41H,4-9,18-21H2,1-3H3,(H,34,38). The Labute approximate surface area is 252 Å². The number of carbonyl (C=O) groups excluding carboxylic acids is 4. The third-order valence-electron chi connectivity index (χ3n) is 8.98. The van der Waals surface area contributed by atoms with Gasteiger partial charge in [-0.05, 0) is 74.2 Å². The highest BCUT2D eigenvalue weighted by Crippen LogP contribution is 2.39. The van der Waals surface area contributed by atoms with Crippen LogP contribution in [-0.2, 0) is 9.59 Å². The molecule has 3 N–H and O–H groups in total. The van der Waals surface area contributed by atoms with Crippen LogP contribution in [0.3, 0.4) is 0 Å². The average Bonchev–Trinajstić information content (AvgIpc) is 3.04. The molecule has 4 atom stereocenters. The normalized spacial score (nSPS) is 25.3. The van der Waals surface area contributed by atoms with E-state index in [1.54, 1.807) is 55.6 Å². The minimum atomic E-state index is -1.83. The van der Waals surface area contributed by atoms with Crippen molar-refractivity contribution in [2.45, 2.75) is 62.6 Å². The van der Waals surface area contributed by atoms with Gasteiger partial charge in [-0.25, -0.2) is 0 Å². The molecule has 0 spiro atoms. The Morgan fingerprint density at radius 1 is 0.767 bits per heavy atom. The Bertz CT molecular complexity index is 1310. The van der Waals surface area contributed by atoms with E-state index < -0.39 is 40.5 Å². The molecule has 2 saturated carbocycles. The number of amides is 2. The lowest BCUT2D eigenvalue weighted by atomic mass is 9.71. The zero-order valence-electron chi connectivity index (χ0n) is 25.1. The van der Waals surface area contributed by atoms with Gasteiger partial charge in [0.1, 0.15) is 22.7 Å². The Morgan fingerprint density at radius 3 is 1.67 bits per heavy atom. The summed E-state index contributed by atoms with van der Waals surface area (Å²) < 4.78 is 10.3. The van der Waals surface area contributed by atoms with Gasteiger partial charge in [0.05, 0.1) is 26.1 Å². The number of Topliss-reactive ketones (excluding diaryl/α,β-unsaturated/α-hetero) is 2. The topological polar surface area (TPSA) is 142 Å². The van der Waals surface area contributed by atoms with Crippen LogP contribution in [0.15, 0.2) is 48.5 Å². The first-order valence-electron chi connectivity index (χ1n) is 14.9. The molecule has 10 nitrogen and oxygen atoms in total. The maximum atomic E-state index is 13.5. The van der Waals surface area contributed by atoms with Gasteiger partial charge in [-0.1, -0.05) is 25.7 Å². The van der Waals surface area contributed by atoms with Crippen LogP contribution in [0.2, 0.25) is 0 Å². The van der Waals surface area contributed by atoms with Gasteiger partial charge < -0.3 is 29.9 Å². The molecule has 2 aliphatic carbocycles. The summed E-state index contributed by atoms with van der Waals surface area (Å²) in [4.78, 5) is 54.9. The van der Waals surface area contributed by atoms with E-state index in [2.05, 4.69) is 5.32 Å². The maximum absolute atomic E-state index is 13.5. The summed E-state index contributed by atoms with van der Waals surface area (Å²) in [5.74, 6) is -2.50. The Morgan fingerprint density at radius 2 is 1.21 bits per heavy atom. The van der Waals surface area contributed by atoms with Crippen molar-refractivity contribution >= 4 is 23.4 Å². The molecule has 0 aromatic heterocycles. The number of hydrogen-bond acceptors (Lipinski definition) is 8. The van der Waals surface area contributed by atoms with Crippen LogP contribution in [0.4, 0.5) is 0 Å². The average molecular weight is 595 g/mol. The Kier molecular flexibility index (Phi) is 10.2. The van der Waals surface area contributed by atoms with E-state index in [1.807, 2.05) is 0 Å². The zero-order chi connectivity index (χ0) is 31.2. The molecule has 0 radical (unpaired) electrons. The van der Waals surface area contributed by atoms with E-state index in [0.717, 1.165) is 0 Å². The van der Waals surface area contributed by atoms with Gasteiger partial charge in [-0.2, -0.15) is 0 Å². The van der Waals surface area contributed by atoms with E-state index in [-0.39, 0.29) is 31.8 Å². The predicted molar refractivity (Wildman–Crippen MR) is 159 cm³/mol. The first-order chi connectivity index (χ1) is 20.5. The molecular formula is C33H42N2O8. The fourth-order valence-electron chi connectivity index (χ4n) is 6.36. The van der Waals surface area contributed by atoms with Gasteiger partial charge in [0.2, 0.25) is 11.8 Å². The summed E-state index contributed by atoms with van der Waals surface area (Å²) in [6.45, 7) is 0.216. The quantitative estimate of drug-likeness (QED) is 0.337. The number of carbonyl (C=O) groups is 4. The molecule has 0 saturated heterocycles. The highest BCUT2D eigenvalue weighted by molar-refractivity contribution is 6.06. The fourth-order valence-corrected chi connectivity index (χ4v) is 6.36. The summed E-state index contributed by atoms with van der Waals surface area (Å²) in [6, 6.07) is 12.9. The molecule has 2 aliphatic rings. The molecular weight excluding hydrogens is 552 g/mol. The third-order valence-corrected chi connectivity index (χ3v) is 8.98. The number of aliphatic hydroxyl groups is 2. The van der Waals surface area contributed by atoms with Gasteiger partial charge in [0.25, 0.3) is 0 Å². The molecule has 4 rings (SSSR count). The highest BCUT2D eigenvalue weighted by Gasteiger charge is 2.50. The van der Waals surface area contributed by atoms with Crippen molar-refractivity contribution in [1.29, 1.82) is 0 Å². The predicted octanol–water partition coefficient (Wildman–Crippen LogP) is 3.19. The molecule has 2 aromatic carbocycles. The van der Waals surface area contributed by atoms with Gasteiger partial charge in [0.15, 0.2) is 11.6 Å². The molecule has 10 heteroatoms. The minimum Gasteiger partial charge on any atom is -0.497 e. The first-order valence-corrected chi connectivity index (χ1v) is 14.9. The monoisotopic (exact) mass is 594 g/mol. The van der Waals surface area contributed by atoms with E-state index in [0.29, 0.717) is 61.2 Å². The lowest BCUT2D eigenvalue weighted by Crippen LogP contribution is -2.56. The van der Waals surface area contributed by atoms with Crippen LogP contribution in [-0.4, -0.2) is 84.1 Å². The fraction of sp³-hybridized carbons (Fsp3) is 0.515. The number of methoxy groups -OCH3 is 2. The summed E-state index contributed by atoms with van der Waals surface area (Å²) in [7, 11) is 4.62. The summed E-state index contributed by atoms with van der Waals surface area (Å²) in [6.07, 6.45) is 3.76. The number of benzene rings is 2. The number of ether oxygens (including phenoxy) is 2. The van der Waals surface area contributed by atoms with Gasteiger partial charge in [0, 0.05) is 31.3 Å². The van der Waals surface area contributed by atoms with E-state index in [9.17, 15) is 29.4 Å². The SMILES string of the molecule is COc1ccc(C(=O)C2(O)CCCCC2C(=O)NCCN(C)C(=O)C2CCCCC2(O)C(=O)c2ccc(OC)cc2)cc1. The van der Waals surface area contributed by atoms with Crippen LogP contribution in [0.1, 0.15) is 72.1 Å². The second kappa shape index (κ2) is 13.7. The molecule has 232 valence electrons. The third kappa shape index (κ3) is 6.75. The number of ketones is 2. The molecule has 0 bridgehead atoms. The van der Waals surface area contributed by atoms with Crippen molar-refractivity contribution in [1.82, 2.24) is 10.2 Å². The van der Waals surface area contributed by atoms with Crippen LogP contribution in [0.5, 0.6) is 11.5 Å². The first kappa shape index (κ1) is 32.2. The van der Waals surface area contributed by atoms with Gasteiger partial charge >= 0.3 is 0 Å². The highest BCUT2D eigenvalue weighted by atomic mass is 16.5. The number of nitrogens with zero attached hydrogens (tertiary/aromatic N) is 1. The van der Waals surface area contributed by atoms with Crippen LogP contribution in [0.25, 0.3) is 0 Å². The van der Waals surface area contributed by atoms with Crippen molar-refractivity contribution < 1.29 is 38.9 Å². The molecule has 2 fully saturated rings. The lowest BCUT2D eigenvalue weighted by molar-refractivity contribution is -0.144. The Balaban J connectivity index is 1.38. The smallest absolute Gasteiger partial charge is 0.228 e. The zero-order valence-corrected chi connectivity index (χ0v) is 25.1. The van der Waals surface area contributed by atoms with Crippen LogP contribution in [0, 0.1) is 11.8 Å². The second-order valence-corrected chi connectivity index (χ2v) is 11.6. The van der Waals surface area contributed by atoms with E-state index >= 15 is 0 Å². The number of nitrogens with one attached hydrogen (secondary N) is 1. The van der Waals surface area contributed by atoms with E-state index in [4.69, 9.17) is 9.47 Å². The molecule has 0 heterocycles. The molecule has 0 aliphatic heterocycles. The van der Waals surface area contributed by atoms with Crippen molar-refractivity contribution in [3.63, 3.8) is 0 Å². The largest absolute Gasteiger partial charge is 0.497 e. The van der Waals surface area contributed by atoms with Crippen molar-refractivity contribution in [3.05, 3.63) is 59.7 Å². The molecule has 2 amide bonds. The van der Waals surface area contributed by atoms with Crippen LogP contribution >= 0.6 is 0 Å². The lowest BCUT2D eigenvalue weighted by Gasteiger charge is -2.39. The molecule has 2 aromatic rings. The summed E-state index contributed by atoms with van der Waals surface area (Å²) in [5, 5.41) is 25.8. The molecule has 4 unspecified atom stereocenters. The second-order valence-electron chi connectivity index (χ2n) is 11.6. The van der Waals surface area contributed by atoms with Crippen LogP contribution < -0.4 is 14.8 Å². The number of rotatable bonds is 11. The summed E-state index contributed by atoms with van der Waals surface area (Å²) in [5.41, 5.74) is -3.06. The van der Waals surface area contributed by atoms with Crippen molar-refractivity contribution in [2.24, 2.45) is 11.8 Å². The number of hydrogen-bond donors (Lipinski definition) is 3.